The third kappa shape index (κ3) is 4.23. The summed E-state index contributed by atoms with van der Waals surface area (Å²) >= 11 is 0. The molecule has 1 aliphatic heterocycles. The number of hydrogen-bond acceptors (Lipinski definition) is 3. The Morgan fingerprint density at radius 2 is 2.15 bits per heavy atom. The van der Waals surface area contributed by atoms with Gasteiger partial charge in [0.15, 0.2) is 0 Å². The van der Waals surface area contributed by atoms with Crippen LogP contribution in [0.1, 0.15) is 31.7 Å². The van der Waals surface area contributed by atoms with Gasteiger partial charge in [-0.05, 0) is 43.0 Å². The molecule has 1 amide bonds. The highest BCUT2D eigenvalue weighted by Crippen LogP contribution is 2.18. The highest BCUT2D eigenvalue weighted by molar-refractivity contribution is 5.76. The Morgan fingerprint density at radius 1 is 1.40 bits per heavy atom. The van der Waals surface area contributed by atoms with Crippen LogP contribution in [0.15, 0.2) is 24.3 Å². The molecule has 20 heavy (non-hydrogen) atoms. The van der Waals surface area contributed by atoms with E-state index >= 15 is 0 Å². The second-order valence-corrected chi connectivity index (χ2v) is 5.51. The lowest BCUT2D eigenvalue weighted by atomic mass is 9.90. The topological polar surface area (TPSA) is 50.4 Å². The van der Waals surface area contributed by atoms with Crippen LogP contribution in [0.2, 0.25) is 0 Å². The molecule has 4 heteroatoms. The average Bonchev–Trinajstić information content (AvgIpc) is 2.48. The van der Waals surface area contributed by atoms with Crippen molar-refractivity contribution in [3.63, 3.8) is 0 Å². The van der Waals surface area contributed by atoms with Crippen molar-refractivity contribution in [2.45, 2.75) is 38.8 Å². The molecular formula is C16H24N2O2. The van der Waals surface area contributed by atoms with E-state index in [1.54, 1.807) is 7.11 Å². The molecule has 0 radical (unpaired) electrons. The maximum atomic E-state index is 12.0. The predicted octanol–water partition coefficient (Wildman–Crippen LogP) is 2.09. The van der Waals surface area contributed by atoms with Gasteiger partial charge in [-0.1, -0.05) is 19.1 Å². The summed E-state index contributed by atoms with van der Waals surface area (Å²) in [6.45, 7) is 3.82. The molecule has 2 N–H and O–H groups in total. The molecule has 1 fully saturated rings. The van der Waals surface area contributed by atoms with Crippen molar-refractivity contribution in [2.75, 3.05) is 13.7 Å². The molecule has 2 unspecified atom stereocenters. The molecule has 0 aliphatic carbocycles. The molecule has 2 atom stereocenters. The summed E-state index contributed by atoms with van der Waals surface area (Å²) in [6.07, 6.45) is 2.99. The van der Waals surface area contributed by atoms with Crippen LogP contribution >= 0.6 is 0 Å². The lowest BCUT2D eigenvalue weighted by Crippen LogP contribution is -2.43. The van der Waals surface area contributed by atoms with Crippen molar-refractivity contribution in [2.24, 2.45) is 5.92 Å². The Hall–Kier alpha value is -1.55. The van der Waals surface area contributed by atoms with E-state index in [0.717, 1.165) is 17.9 Å². The van der Waals surface area contributed by atoms with Gasteiger partial charge < -0.3 is 15.4 Å². The molecule has 2 rings (SSSR count). The van der Waals surface area contributed by atoms with E-state index in [1.165, 1.54) is 12.8 Å². The van der Waals surface area contributed by atoms with E-state index in [0.29, 0.717) is 24.9 Å². The predicted molar refractivity (Wildman–Crippen MR) is 79.6 cm³/mol. The van der Waals surface area contributed by atoms with Crippen molar-refractivity contribution in [1.29, 1.82) is 0 Å². The second-order valence-electron chi connectivity index (χ2n) is 5.51. The Kier molecular flexibility index (Phi) is 5.41. The van der Waals surface area contributed by atoms with E-state index in [4.69, 9.17) is 4.74 Å². The standard InChI is InChI=1S/C16H24N2O2/c1-12-4-3-9-17-15(12)10-16(19)18-11-13-5-7-14(20-2)8-6-13/h5-8,12,15,17H,3-4,9-11H2,1-2H3,(H,18,19). The fraction of sp³-hybridized carbons (Fsp3) is 0.562. The van der Waals surface area contributed by atoms with Crippen LogP contribution in [0.5, 0.6) is 5.75 Å². The molecule has 0 saturated carbocycles. The van der Waals surface area contributed by atoms with E-state index in [-0.39, 0.29) is 5.91 Å². The zero-order chi connectivity index (χ0) is 14.4. The van der Waals surface area contributed by atoms with Gasteiger partial charge in [0, 0.05) is 19.0 Å². The van der Waals surface area contributed by atoms with E-state index < -0.39 is 0 Å². The van der Waals surface area contributed by atoms with Crippen molar-refractivity contribution in [3.05, 3.63) is 29.8 Å². The highest BCUT2D eigenvalue weighted by Gasteiger charge is 2.22. The molecule has 1 saturated heterocycles. The molecule has 1 heterocycles. The van der Waals surface area contributed by atoms with Crippen LogP contribution in [-0.4, -0.2) is 25.6 Å². The minimum atomic E-state index is 0.118. The highest BCUT2D eigenvalue weighted by atomic mass is 16.5. The van der Waals surface area contributed by atoms with Crippen molar-refractivity contribution >= 4 is 5.91 Å². The van der Waals surface area contributed by atoms with E-state index in [2.05, 4.69) is 17.6 Å². The van der Waals surface area contributed by atoms with Crippen molar-refractivity contribution in [1.82, 2.24) is 10.6 Å². The quantitative estimate of drug-likeness (QED) is 0.866. The number of piperidine rings is 1. The van der Waals surface area contributed by atoms with Crippen molar-refractivity contribution in [3.8, 4) is 5.75 Å². The molecule has 0 bridgehead atoms. The minimum Gasteiger partial charge on any atom is -0.497 e. The van der Waals surface area contributed by atoms with Crippen LogP contribution in [0, 0.1) is 5.92 Å². The molecule has 1 aromatic rings. The lowest BCUT2D eigenvalue weighted by molar-refractivity contribution is -0.122. The van der Waals surface area contributed by atoms with Crippen LogP contribution < -0.4 is 15.4 Å². The number of carbonyl (C=O) groups excluding carboxylic acids is 1. The van der Waals surface area contributed by atoms with Crippen LogP contribution in [0.4, 0.5) is 0 Å². The lowest BCUT2D eigenvalue weighted by Gasteiger charge is -2.29. The summed E-state index contributed by atoms with van der Waals surface area (Å²) in [5.74, 6) is 1.53. The van der Waals surface area contributed by atoms with E-state index in [9.17, 15) is 4.79 Å². The number of ether oxygens (including phenoxy) is 1. The molecule has 110 valence electrons. The number of carbonyl (C=O) groups is 1. The van der Waals surface area contributed by atoms with Gasteiger partial charge in [0.1, 0.15) is 5.75 Å². The maximum absolute atomic E-state index is 12.0. The Bertz CT molecular complexity index is 431. The Balaban J connectivity index is 1.76. The number of nitrogens with one attached hydrogen (secondary N) is 2. The molecule has 4 nitrogen and oxygen atoms in total. The molecule has 1 aliphatic rings. The number of amides is 1. The fourth-order valence-corrected chi connectivity index (χ4v) is 2.60. The minimum absolute atomic E-state index is 0.118. The molecule has 1 aromatic carbocycles. The van der Waals surface area contributed by atoms with Gasteiger partial charge in [0.2, 0.25) is 5.91 Å². The summed E-state index contributed by atoms with van der Waals surface area (Å²) in [7, 11) is 1.65. The molecular weight excluding hydrogens is 252 g/mol. The van der Waals surface area contributed by atoms with Crippen LogP contribution in [0.3, 0.4) is 0 Å². The normalized spacial score (nSPS) is 22.3. The summed E-state index contributed by atoms with van der Waals surface area (Å²) in [6, 6.07) is 8.08. The van der Waals surface area contributed by atoms with Gasteiger partial charge in [-0.3, -0.25) is 4.79 Å². The molecule has 0 spiro atoms. The summed E-state index contributed by atoms with van der Waals surface area (Å²) in [5.41, 5.74) is 1.09. The summed E-state index contributed by atoms with van der Waals surface area (Å²) < 4.78 is 5.11. The maximum Gasteiger partial charge on any atom is 0.221 e. The first-order valence-electron chi connectivity index (χ1n) is 7.32. The number of methoxy groups -OCH3 is 1. The van der Waals surface area contributed by atoms with E-state index in [1.807, 2.05) is 24.3 Å². The zero-order valence-electron chi connectivity index (χ0n) is 12.3. The van der Waals surface area contributed by atoms with Gasteiger partial charge >= 0.3 is 0 Å². The fourth-order valence-electron chi connectivity index (χ4n) is 2.60. The van der Waals surface area contributed by atoms with Crippen LogP contribution in [-0.2, 0) is 11.3 Å². The van der Waals surface area contributed by atoms with Crippen molar-refractivity contribution < 1.29 is 9.53 Å². The average molecular weight is 276 g/mol. The zero-order valence-corrected chi connectivity index (χ0v) is 12.3. The monoisotopic (exact) mass is 276 g/mol. The first kappa shape index (κ1) is 14.9. The molecule has 0 aromatic heterocycles. The number of rotatable bonds is 5. The number of benzene rings is 1. The van der Waals surface area contributed by atoms with Crippen LogP contribution in [0.25, 0.3) is 0 Å². The summed E-state index contributed by atoms with van der Waals surface area (Å²) in [5, 5.41) is 6.42. The van der Waals surface area contributed by atoms with Gasteiger partial charge in [0.25, 0.3) is 0 Å². The Labute approximate surface area is 120 Å². The first-order chi connectivity index (χ1) is 9.69. The van der Waals surface area contributed by atoms with Gasteiger partial charge in [-0.2, -0.15) is 0 Å². The van der Waals surface area contributed by atoms with Gasteiger partial charge in [-0.15, -0.1) is 0 Å². The smallest absolute Gasteiger partial charge is 0.221 e. The first-order valence-corrected chi connectivity index (χ1v) is 7.32. The third-order valence-electron chi connectivity index (χ3n) is 3.98. The second kappa shape index (κ2) is 7.29. The SMILES string of the molecule is COc1ccc(CNC(=O)CC2NCCCC2C)cc1. The largest absolute Gasteiger partial charge is 0.497 e. The van der Waals surface area contributed by atoms with Gasteiger partial charge in [-0.25, -0.2) is 0 Å². The van der Waals surface area contributed by atoms with Gasteiger partial charge in [0.05, 0.1) is 7.11 Å². The number of hydrogen-bond donors (Lipinski definition) is 2. The Morgan fingerprint density at radius 3 is 2.80 bits per heavy atom. The summed E-state index contributed by atoms with van der Waals surface area (Å²) in [4.78, 5) is 12.0. The third-order valence-corrected chi connectivity index (χ3v) is 3.98.